The molecule has 0 saturated carbocycles. The van der Waals surface area contributed by atoms with Crippen LogP contribution in [0.2, 0.25) is 0 Å². The lowest BCUT2D eigenvalue weighted by atomic mass is 10.1. The topological polar surface area (TPSA) is 96.9 Å². The maximum absolute atomic E-state index is 12.2. The molecule has 0 aliphatic rings. The third-order valence-electron chi connectivity index (χ3n) is 4.21. The van der Waals surface area contributed by atoms with Crippen molar-refractivity contribution < 1.29 is 19.1 Å². The van der Waals surface area contributed by atoms with Gasteiger partial charge in [-0.1, -0.05) is 29.8 Å². The molecule has 0 bridgehead atoms. The van der Waals surface area contributed by atoms with E-state index in [9.17, 15) is 14.4 Å². The molecule has 0 aromatic heterocycles. The summed E-state index contributed by atoms with van der Waals surface area (Å²) in [6.45, 7) is 3.78. The second-order valence-corrected chi connectivity index (χ2v) is 6.85. The molecule has 0 heterocycles. The highest BCUT2D eigenvalue weighted by Gasteiger charge is 2.13. The van der Waals surface area contributed by atoms with Crippen LogP contribution in [0.5, 0.6) is 5.75 Å². The minimum absolute atomic E-state index is 0.380. The van der Waals surface area contributed by atoms with E-state index in [4.69, 9.17) is 4.74 Å². The first kappa shape index (κ1) is 21.4. The number of nitrogens with one attached hydrogen (secondary N) is 2. The Morgan fingerprint density at radius 2 is 1.52 bits per heavy atom. The van der Waals surface area contributed by atoms with E-state index < -0.39 is 17.8 Å². The van der Waals surface area contributed by atoms with Gasteiger partial charge in [-0.15, -0.1) is 0 Å². The van der Waals surface area contributed by atoms with Gasteiger partial charge in [0.2, 0.25) is 0 Å². The highest BCUT2D eigenvalue weighted by atomic mass is 16.5. The molecule has 0 saturated heterocycles. The van der Waals surface area contributed by atoms with Crippen LogP contribution in [0, 0.1) is 13.8 Å². The number of hydrazone groups is 1. The number of amides is 2. The Balaban J connectivity index is 1.51. The largest absolute Gasteiger partial charge is 0.423 e. The Hall–Kier alpha value is -4.26. The summed E-state index contributed by atoms with van der Waals surface area (Å²) in [6.07, 6.45) is 1.38. The molecule has 0 fully saturated rings. The van der Waals surface area contributed by atoms with E-state index >= 15 is 0 Å². The highest BCUT2D eigenvalue weighted by Crippen LogP contribution is 2.14. The number of rotatable bonds is 5. The molecule has 0 spiro atoms. The third kappa shape index (κ3) is 6.37. The van der Waals surface area contributed by atoms with Crippen molar-refractivity contribution in [1.82, 2.24) is 5.43 Å². The number of hydrogen-bond donors (Lipinski definition) is 2. The molecule has 2 N–H and O–H groups in total. The van der Waals surface area contributed by atoms with Crippen molar-refractivity contribution in [3.63, 3.8) is 0 Å². The molecule has 0 atom stereocenters. The van der Waals surface area contributed by atoms with E-state index in [0.717, 1.165) is 11.1 Å². The molecule has 3 aromatic rings. The summed E-state index contributed by atoms with van der Waals surface area (Å²) in [5, 5.41) is 6.28. The molecule has 3 rings (SSSR count). The Morgan fingerprint density at radius 1 is 0.839 bits per heavy atom. The first-order chi connectivity index (χ1) is 14.9. The van der Waals surface area contributed by atoms with Crippen LogP contribution in [0.3, 0.4) is 0 Å². The summed E-state index contributed by atoms with van der Waals surface area (Å²) in [5.74, 6) is -1.77. The van der Waals surface area contributed by atoms with E-state index in [-0.39, 0.29) is 0 Å². The number of carbonyl (C=O) groups excluding carboxylic acids is 3. The number of nitrogens with zero attached hydrogens (tertiary/aromatic N) is 1. The third-order valence-corrected chi connectivity index (χ3v) is 4.21. The molecular formula is C24H21N3O4. The van der Waals surface area contributed by atoms with Gasteiger partial charge in [0.15, 0.2) is 0 Å². The monoisotopic (exact) mass is 415 g/mol. The van der Waals surface area contributed by atoms with Gasteiger partial charge in [-0.3, -0.25) is 9.59 Å². The number of benzene rings is 3. The van der Waals surface area contributed by atoms with Crippen LogP contribution in [0.25, 0.3) is 0 Å². The number of hydrogen-bond acceptors (Lipinski definition) is 5. The van der Waals surface area contributed by atoms with Gasteiger partial charge in [-0.25, -0.2) is 10.2 Å². The van der Waals surface area contributed by atoms with Crippen molar-refractivity contribution in [2.24, 2.45) is 5.10 Å². The molecule has 2 amide bonds. The quantitative estimate of drug-likeness (QED) is 0.219. The second-order valence-electron chi connectivity index (χ2n) is 6.85. The van der Waals surface area contributed by atoms with Crippen molar-refractivity contribution in [2.75, 3.05) is 5.32 Å². The molecule has 0 aliphatic heterocycles. The van der Waals surface area contributed by atoms with Crippen LogP contribution < -0.4 is 15.5 Å². The molecule has 0 unspecified atom stereocenters. The molecule has 7 heteroatoms. The first-order valence-electron chi connectivity index (χ1n) is 9.51. The summed E-state index contributed by atoms with van der Waals surface area (Å²) < 4.78 is 5.34. The standard InChI is InChI=1S/C24H21N3O4/c1-16-5-3-7-19(13-16)24(30)31-21-11-9-18(10-12-21)15-25-27-23(29)22(28)26-20-8-4-6-17(2)14-20/h3-15H,1-2H3,(H,26,28)(H,27,29)/b25-15-. The average Bonchev–Trinajstić information content (AvgIpc) is 2.75. The van der Waals surface area contributed by atoms with Gasteiger partial charge < -0.3 is 10.1 Å². The van der Waals surface area contributed by atoms with Gasteiger partial charge in [0.25, 0.3) is 0 Å². The molecule has 7 nitrogen and oxygen atoms in total. The summed E-state index contributed by atoms with van der Waals surface area (Å²) in [5.41, 5.74) is 5.75. The van der Waals surface area contributed by atoms with Crippen LogP contribution in [-0.4, -0.2) is 24.0 Å². The highest BCUT2D eigenvalue weighted by molar-refractivity contribution is 6.39. The maximum Gasteiger partial charge on any atom is 0.343 e. The summed E-state index contributed by atoms with van der Waals surface area (Å²) in [6, 6.07) is 20.8. The van der Waals surface area contributed by atoms with Gasteiger partial charge >= 0.3 is 17.8 Å². The fourth-order valence-corrected chi connectivity index (χ4v) is 2.69. The summed E-state index contributed by atoms with van der Waals surface area (Å²) >= 11 is 0. The van der Waals surface area contributed by atoms with Gasteiger partial charge in [0, 0.05) is 5.69 Å². The van der Waals surface area contributed by atoms with Crippen molar-refractivity contribution in [3.05, 3.63) is 95.1 Å². The number of anilines is 1. The number of esters is 1. The zero-order valence-corrected chi connectivity index (χ0v) is 17.1. The Morgan fingerprint density at radius 3 is 2.19 bits per heavy atom. The fourth-order valence-electron chi connectivity index (χ4n) is 2.69. The summed E-state index contributed by atoms with van der Waals surface area (Å²) in [7, 11) is 0. The normalized spacial score (nSPS) is 10.5. The molecule has 156 valence electrons. The van der Waals surface area contributed by atoms with Gasteiger partial charge in [-0.2, -0.15) is 5.10 Å². The molecule has 0 radical (unpaired) electrons. The number of carbonyl (C=O) groups is 3. The lowest BCUT2D eigenvalue weighted by Gasteiger charge is -2.05. The number of ether oxygens (including phenoxy) is 1. The van der Waals surface area contributed by atoms with E-state index in [0.29, 0.717) is 22.6 Å². The molecule has 0 aliphatic carbocycles. The van der Waals surface area contributed by atoms with Crippen molar-refractivity contribution in [2.45, 2.75) is 13.8 Å². The Bertz CT molecular complexity index is 1140. The average molecular weight is 415 g/mol. The van der Waals surface area contributed by atoms with Crippen LogP contribution in [0.1, 0.15) is 27.0 Å². The zero-order valence-electron chi connectivity index (χ0n) is 17.1. The van der Waals surface area contributed by atoms with Crippen molar-refractivity contribution >= 4 is 29.7 Å². The van der Waals surface area contributed by atoms with Crippen molar-refractivity contribution in [3.8, 4) is 5.75 Å². The van der Waals surface area contributed by atoms with Crippen LogP contribution >= 0.6 is 0 Å². The minimum atomic E-state index is -0.888. The fraction of sp³-hybridized carbons (Fsp3) is 0.0833. The van der Waals surface area contributed by atoms with Gasteiger partial charge in [-0.05, 0) is 73.5 Å². The SMILES string of the molecule is Cc1cccc(NC(=O)C(=O)N/N=C\c2ccc(OC(=O)c3cccc(C)c3)cc2)c1. The molecule has 3 aromatic carbocycles. The van der Waals surface area contributed by atoms with Crippen molar-refractivity contribution in [1.29, 1.82) is 0 Å². The predicted molar refractivity (Wildman–Crippen MR) is 118 cm³/mol. The van der Waals surface area contributed by atoms with Crippen LogP contribution in [0.15, 0.2) is 77.9 Å². The molecular weight excluding hydrogens is 394 g/mol. The second kappa shape index (κ2) is 9.98. The molecule has 31 heavy (non-hydrogen) atoms. The Labute approximate surface area is 179 Å². The van der Waals surface area contributed by atoms with E-state index in [2.05, 4.69) is 15.8 Å². The lowest BCUT2D eigenvalue weighted by Crippen LogP contribution is -2.32. The maximum atomic E-state index is 12.2. The van der Waals surface area contributed by atoms with E-state index in [1.165, 1.54) is 6.21 Å². The lowest BCUT2D eigenvalue weighted by molar-refractivity contribution is -0.136. The minimum Gasteiger partial charge on any atom is -0.423 e. The van der Waals surface area contributed by atoms with Gasteiger partial charge in [0.1, 0.15) is 5.75 Å². The number of aryl methyl sites for hydroxylation is 2. The smallest absolute Gasteiger partial charge is 0.343 e. The zero-order chi connectivity index (χ0) is 22.2. The predicted octanol–water partition coefficient (Wildman–Crippen LogP) is 3.61. The van der Waals surface area contributed by atoms with E-state index in [1.54, 1.807) is 60.7 Å². The summed E-state index contributed by atoms with van der Waals surface area (Å²) in [4.78, 5) is 35.9. The van der Waals surface area contributed by atoms with Crippen LogP contribution in [-0.2, 0) is 9.59 Å². The first-order valence-corrected chi connectivity index (χ1v) is 9.51. The Kier molecular flexibility index (Phi) is 6.90. The van der Waals surface area contributed by atoms with Gasteiger partial charge in [0.05, 0.1) is 11.8 Å². The van der Waals surface area contributed by atoms with Crippen LogP contribution in [0.4, 0.5) is 5.69 Å². The van der Waals surface area contributed by atoms with E-state index in [1.807, 2.05) is 26.0 Å².